The normalized spacial score (nSPS) is 16.5. The number of amides is 1. The van der Waals surface area contributed by atoms with Crippen molar-refractivity contribution in [3.63, 3.8) is 0 Å². The fourth-order valence-corrected chi connectivity index (χ4v) is 3.56. The second kappa shape index (κ2) is 11.4. The molecule has 1 aliphatic rings. The number of carbonyl (C=O) groups excluding carboxylic acids is 1. The Bertz CT molecular complexity index is 742. The van der Waals surface area contributed by atoms with Crippen LogP contribution in [0.5, 0.6) is 0 Å². The summed E-state index contributed by atoms with van der Waals surface area (Å²) in [5, 5.41) is 3.09. The van der Waals surface area contributed by atoms with Crippen LogP contribution in [0.3, 0.4) is 0 Å². The second-order valence-electron chi connectivity index (χ2n) is 7.31. The molecule has 3 unspecified atom stereocenters. The molecule has 3 atom stereocenters. The van der Waals surface area contributed by atoms with E-state index in [0.717, 1.165) is 25.1 Å². The van der Waals surface area contributed by atoms with Gasteiger partial charge in [-0.15, -0.1) is 24.8 Å². The summed E-state index contributed by atoms with van der Waals surface area (Å²) in [6.45, 7) is 6.71. The van der Waals surface area contributed by atoms with Gasteiger partial charge >= 0.3 is 0 Å². The molecule has 0 aromatic heterocycles. The second-order valence-corrected chi connectivity index (χ2v) is 7.31. The van der Waals surface area contributed by atoms with E-state index in [1.807, 2.05) is 37.3 Å². The largest absolute Gasteiger partial charge is 0.354 e. The molecule has 3 N–H and O–H groups in total. The standard InChI is InChI=1S/C22H29N3O.2ClH/c1-16(25-13-12-18-8-6-7-11-20(18)15-25)14-24-22(26)17(2)21(23)19-9-4-3-5-10-19;;/h3-11,16-17,21H,12-15,23H2,1-2H3,(H,24,26);2*1H. The van der Waals surface area contributed by atoms with Gasteiger partial charge in [0.05, 0.1) is 5.92 Å². The minimum atomic E-state index is -0.284. The molecule has 2 aromatic rings. The summed E-state index contributed by atoms with van der Waals surface area (Å²) < 4.78 is 0. The first kappa shape index (κ1) is 24.4. The third kappa shape index (κ3) is 5.95. The van der Waals surface area contributed by atoms with Crippen molar-refractivity contribution in [2.24, 2.45) is 11.7 Å². The van der Waals surface area contributed by atoms with Crippen LogP contribution in [-0.2, 0) is 17.8 Å². The van der Waals surface area contributed by atoms with Crippen LogP contribution in [-0.4, -0.2) is 29.9 Å². The number of benzene rings is 2. The maximum Gasteiger partial charge on any atom is 0.224 e. The van der Waals surface area contributed by atoms with Crippen molar-refractivity contribution >= 4 is 30.7 Å². The van der Waals surface area contributed by atoms with Crippen LogP contribution >= 0.6 is 24.8 Å². The number of hydrogen-bond donors (Lipinski definition) is 2. The summed E-state index contributed by atoms with van der Waals surface area (Å²) in [5.74, 6) is -0.239. The van der Waals surface area contributed by atoms with Gasteiger partial charge in [-0.05, 0) is 30.0 Å². The van der Waals surface area contributed by atoms with Gasteiger partial charge in [-0.3, -0.25) is 9.69 Å². The monoisotopic (exact) mass is 423 g/mol. The summed E-state index contributed by atoms with van der Waals surface area (Å²) >= 11 is 0. The highest BCUT2D eigenvalue weighted by Gasteiger charge is 2.24. The Balaban J connectivity index is 0.00000196. The highest BCUT2D eigenvalue weighted by atomic mass is 35.5. The van der Waals surface area contributed by atoms with E-state index in [9.17, 15) is 4.79 Å². The van der Waals surface area contributed by atoms with Crippen LogP contribution in [0.4, 0.5) is 0 Å². The summed E-state index contributed by atoms with van der Waals surface area (Å²) in [7, 11) is 0. The highest BCUT2D eigenvalue weighted by molar-refractivity contribution is 5.85. The number of rotatable bonds is 6. The van der Waals surface area contributed by atoms with E-state index >= 15 is 0 Å². The first-order chi connectivity index (χ1) is 12.6. The Kier molecular flexibility index (Phi) is 9.97. The van der Waals surface area contributed by atoms with E-state index in [1.165, 1.54) is 11.1 Å². The van der Waals surface area contributed by atoms with Gasteiger partial charge in [0, 0.05) is 31.7 Å². The van der Waals surface area contributed by atoms with Gasteiger partial charge < -0.3 is 11.1 Å². The molecular weight excluding hydrogens is 393 g/mol. The Morgan fingerprint density at radius 1 is 1.04 bits per heavy atom. The average molecular weight is 424 g/mol. The zero-order valence-electron chi connectivity index (χ0n) is 16.5. The van der Waals surface area contributed by atoms with E-state index in [2.05, 4.69) is 41.4 Å². The third-order valence-corrected chi connectivity index (χ3v) is 5.49. The van der Waals surface area contributed by atoms with Gasteiger partial charge in [-0.25, -0.2) is 0 Å². The van der Waals surface area contributed by atoms with Gasteiger partial charge in [0.15, 0.2) is 0 Å². The van der Waals surface area contributed by atoms with Crippen molar-refractivity contribution in [3.05, 3.63) is 71.3 Å². The van der Waals surface area contributed by atoms with Gasteiger partial charge in [-0.1, -0.05) is 61.5 Å². The minimum absolute atomic E-state index is 0. The van der Waals surface area contributed by atoms with Gasteiger partial charge in [0.1, 0.15) is 0 Å². The first-order valence-corrected chi connectivity index (χ1v) is 9.45. The van der Waals surface area contributed by atoms with E-state index in [-0.39, 0.29) is 42.7 Å². The molecule has 0 saturated carbocycles. The van der Waals surface area contributed by atoms with Gasteiger partial charge in [-0.2, -0.15) is 0 Å². The van der Waals surface area contributed by atoms with Crippen molar-refractivity contribution < 1.29 is 4.79 Å². The number of nitrogens with zero attached hydrogens (tertiary/aromatic N) is 1. The molecular formula is C22H31Cl2N3O. The van der Waals surface area contributed by atoms with Gasteiger partial charge in [0.25, 0.3) is 0 Å². The molecule has 1 heterocycles. The molecule has 1 aliphatic heterocycles. The van der Waals surface area contributed by atoms with Crippen LogP contribution < -0.4 is 11.1 Å². The average Bonchev–Trinajstić information content (AvgIpc) is 2.70. The van der Waals surface area contributed by atoms with Crippen molar-refractivity contribution in [1.29, 1.82) is 0 Å². The predicted octanol–water partition coefficient (Wildman–Crippen LogP) is 3.73. The van der Waals surface area contributed by atoms with Gasteiger partial charge in [0.2, 0.25) is 5.91 Å². The van der Waals surface area contributed by atoms with Crippen molar-refractivity contribution in [3.8, 4) is 0 Å². The molecule has 0 spiro atoms. The highest BCUT2D eigenvalue weighted by Crippen LogP contribution is 2.21. The van der Waals surface area contributed by atoms with E-state index < -0.39 is 0 Å². The van der Waals surface area contributed by atoms with Crippen LogP contribution in [0, 0.1) is 5.92 Å². The molecule has 4 nitrogen and oxygen atoms in total. The zero-order valence-corrected chi connectivity index (χ0v) is 18.1. The Morgan fingerprint density at radius 2 is 1.64 bits per heavy atom. The lowest BCUT2D eigenvalue weighted by Crippen LogP contribution is -2.46. The van der Waals surface area contributed by atoms with Crippen LogP contribution in [0.1, 0.15) is 36.6 Å². The molecule has 0 bridgehead atoms. The van der Waals surface area contributed by atoms with E-state index in [1.54, 1.807) is 0 Å². The fraction of sp³-hybridized carbons (Fsp3) is 0.409. The molecule has 0 aliphatic carbocycles. The van der Waals surface area contributed by atoms with Crippen molar-refractivity contribution in [2.45, 2.75) is 38.9 Å². The Morgan fingerprint density at radius 3 is 2.32 bits per heavy atom. The molecule has 1 amide bonds. The smallest absolute Gasteiger partial charge is 0.224 e. The molecule has 0 saturated heterocycles. The van der Waals surface area contributed by atoms with Crippen molar-refractivity contribution in [2.75, 3.05) is 13.1 Å². The predicted molar refractivity (Wildman–Crippen MR) is 120 cm³/mol. The number of hydrogen-bond acceptors (Lipinski definition) is 3. The molecule has 6 heteroatoms. The fourth-order valence-electron chi connectivity index (χ4n) is 3.56. The molecule has 3 rings (SSSR count). The molecule has 28 heavy (non-hydrogen) atoms. The molecule has 0 fully saturated rings. The zero-order chi connectivity index (χ0) is 18.5. The minimum Gasteiger partial charge on any atom is -0.354 e. The van der Waals surface area contributed by atoms with E-state index in [0.29, 0.717) is 12.6 Å². The summed E-state index contributed by atoms with van der Waals surface area (Å²) in [5.41, 5.74) is 10.1. The first-order valence-electron chi connectivity index (χ1n) is 9.45. The topological polar surface area (TPSA) is 58.4 Å². The third-order valence-electron chi connectivity index (χ3n) is 5.49. The molecule has 2 aromatic carbocycles. The van der Waals surface area contributed by atoms with Crippen LogP contribution in [0.2, 0.25) is 0 Å². The SMILES string of the molecule is CC(C(=O)NCC(C)N1CCc2ccccc2C1)C(N)c1ccccc1.Cl.Cl. The quantitative estimate of drug-likeness (QED) is 0.743. The number of halogens is 2. The van der Waals surface area contributed by atoms with Crippen molar-refractivity contribution in [1.82, 2.24) is 10.2 Å². The summed E-state index contributed by atoms with van der Waals surface area (Å²) in [4.78, 5) is 15.0. The number of carbonyl (C=O) groups is 1. The number of nitrogens with two attached hydrogens (primary N) is 1. The number of nitrogens with one attached hydrogen (secondary N) is 1. The lowest BCUT2D eigenvalue weighted by atomic mass is 9.94. The number of fused-ring (bicyclic) bond motifs is 1. The lowest BCUT2D eigenvalue weighted by Gasteiger charge is -2.34. The maximum atomic E-state index is 12.5. The summed E-state index contributed by atoms with van der Waals surface area (Å²) in [6, 6.07) is 18.5. The Hall–Kier alpha value is -1.59. The van der Waals surface area contributed by atoms with E-state index in [4.69, 9.17) is 5.73 Å². The molecule has 154 valence electrons. The lowest BCUT2D eigenvalue weighted by molar-refractivity contribution is -0.125. The summed E-state index contributed by atoms with van der Waals surface area (Å²) in [6.07, 6.45) is 1.07. The van der Waals surface area contributed by atoms with Crippen LogP contribution in [0.15, 0.2) is 54.6 Å². The Labute approximate surface area is 180 Å². The molecule has 0 radical (unpaired) electrons. The maximum absolute atomic E-state index is 12.5. The van der Waals surface area contributed by atoms with Crippen LogP contribution in [0.25, 0.3) is 0 Å².